The smallest absolute Gasteiger partial charge is 0.260 e. The normalized spacial score (nSPS) is 13.5. The summed E-state index contributed by atoms with van der Waals surface area (Å²) in [7, 11) is -0.496. The highest BCUT2D eigenvalue weighted by Gasteiger charge is 2.36. The average Bonchev–Trinajstić information content (AvgIpc) is 1.65. The van der Waals surface area contributed by atoms with Gasteiger partial charge in [-0.2, -0.15) is 19.9 Å². The number of hydrogen-bond donors (Lipinski definition) is 5. The third kappa shape index (κ3) is 17.4. The van der Waals surface area contributed by atoms with Gasteiger partial charge in [-0.15, -0.1) is 0 Å². The van der Waals surface area contributed by atoms with E-state index in [1.165, 1.54) is 151 Å². The minimum Gasteiger partial charge on any atom is -0.327 e. The van der Waals surface area contributed by atoms with Crippen LogP contribution in [-0.2, 0) is 39.5 Å². The monoisotopic (exact) mass is 1730 g/mol. The Morgan fingerprint density at radius 3 is 0.950 bits per heavy atom. The number of nitrogens with zero attached hydrogens (tertiary/aromatic N) is 16. The molecule has 0 radical (unpaired) electrons. The Morgan fingerprint density at radius 1 is 0.325 bits per heavy atom. The van der Waals surface area contributed by atoms with Gasteiger partial charge >= 0.3 is 0 Å². The predicted octanol–water partition coefficient (Wildman–Crippen LogP) is 12.2. The topological polar surface area (TPSA) is 408 Å². The van der Waals surface area contributed by atoms with Crippen LogP contribution in [0.15, 0.2) is 214 Å². The van der Waals surface area contributed by atoms with Crippen molar-refractivity contribution >= 4 is 190 Å². The zero-order chi connectivity index (χ0) is 86.5. The number of hydrogen-bond acceptors (Lipinski definition) is 28. The molecule has 33 nitrogen and oxygen atoms in total. The number of fused-ring (bicyclic) bond motifs is 8. The molecule has 616 valence electrons. The van der Waals surface area contributed by atoms with Crippen molar-refractivity contribution in [2.75, 3.05) is 136 Å². The van der Waals surface area contributed by atoms with Gasteiger partial charge < -0.3 is 60.5 Å². The predicted molar refractivity (Wildman–Crippen MR) is 452 cm³/mol. The summed E-state index contributed by atoms with van der Waals surface area (Å²) < 4.78 is 135. The van der Waals surface area contributed by atoms with Crippen molar-refractivity contribution in [3.05, 3.63) is 239 Å². The van der Waals surface area contributed by atoms with Gasteiger partial charge in [-0.3, -0.25) is 19.2 Å². The first-order chi connectivity index (χ1) is 56.6. The fourth-order valence-electron chi connectivity index (χ4n) is 12.8. The molecule has 120 heavy (non-hydrogen) atoms. The lowest BCUT2D eigenvalue weighted by Gasteiger charge is -2.21. The number of nitrogens with one attached hydrogen (secondary N) is 4. The number of benzene rings is 8. The highest BCUT2D eigenvalue weighted by molar-refractivity contribution is 7.91. The summed E-state index contributed by atoms with van der Waals surface area (Å²) in [5.74, 6) is -0.199. The van der Waals surface area contributed by atoms with Crippen molar-refractivity contribution in [1.82, 2.24) is 39.9 Å². The van der Waals surface area contributed by atoms with Crippen LogP contribution in [0.2, 0.25) is 5.02 Å². The van der Waals surface area contributed by atoms with Crippen molar-refractivity contribution in [2.24, 2.45) is 5.14 Å². The van der Waals surface area contributed by atoms with Crippen LogP contribution >= 0.6 is 11.6 Å². The number of para-hydroxylation sites is 2. The van der Waals surface area contributed by atoms with Crippen LogP contribution in [0.25, 0.3) is 0 Å². The molecule has 8 heterocycles. The molecule has 0 aliphatic carbocycles. The van der Waals surface area contributed by atoms with E-state index in [2.05, 4.69) is 61.1 Å². The lowest BCUT2D eigenvalue weighted by atomic mass is 10.1. The molecule has 0 unspecified atom stereocenters. The van der Waals surface area contributed by atoms with E-state index in [9.17, 15) is 66.0 Å². The van der Waals surface area contributed by atoms with Gasteiger partial charge in [0.1, 0.15) is 40.2 Å². The van der Waals surface area contributed by atoms with Gasteiger partial charge in [0.15, 0.2) is 52.8 Å². The Balaban J connectivity index is 0.000000138. The maximum Gasteiger partial charge on any atom is 0.260 e. The van der Waals surface area contributed by atoms with E-state index < -0.39 is 57.0 Å². The van der Waals surface area contributed by atoms with Crippen LogP contribution in [0.3, 0.4) is 0 Å². The lowest BCUT2D eigenvalue weighted by molar-refractivity contribution is 0.0986. The quantitative estimate of drug-likeness (QED) is 0.0758. The molecule has 4 aromatic heterocycles. The minimum atomic E-state index is -3.80. The number of anilines is 20. The maximum absolute atomic E-state index is 14.6. The summed E-state index contributed by atoms with van der Waals surface area (Å²) in [6.45, 7) is 0. The van der Waals surface area contributed by atoms with Crippen molar-refractivity contribution < 1.29 is 66.0 Å². The van der Waals surface area contributed by atoms with E-state index >= 15 is 0 Å². The van der Waals surface area contributed by atoms with Gasteiger partial charge in [0.2, 0.25) is 33.8 Å². The van der Waals surface area contributed by atoms with Gasteiger partial charge in [-0.25, -0.2) is 71.9 Å². The first-order valence-corrected chi connectivity index (χ1v) is 43.1. The number of halogens is 4. The average molecular weight is 1730 g/mol. The second kappa shape index (κ2) is 32.9. The number of rotatable bonds is 12. The SMILES string of the molecule is CN1C(=O)c2cc(Cl)ccc2N(C)c2nc(Nc3ccc(S(C)(=O)=O)cc3)ncc21.CN1C(=O)c2ccc(F)cc2N(C)c2nc(Nc3ccc(S(C)(=O)=O)cc3)ncc21.CN1C(=O)c2cccc(F)c2N(C)c2nc(Nc3ccc(S(C)(=O)=O)cc3)ncc21.CN1C(=O)c2cccc(F)c2N(C)c2nc(Nc3ccc(S(N)(=O)=O)cc3)ncc21. The molecule has 0 fully saturated rings. The molecule has 4 aliphatic rings. The summed E-state index contributed by atoms with van der Waals surface area (Å²) in [5, 5.41) is 17.6. The highest BCUT2D eigenvalue weighted by atomic mass is 35.5. The highest BCUT2D eigenvalue weighted by Crippen LogP contribution is 2.44. The molecule has 8 aromatic carbocycles. The fourth-order valence-corrected chi connectivity index (χ4v) is 15.4. The molecular formula is C79H71ClF3N21O12S4. The zero-order valence-corrected chi connectivity index (χ0v) is 69.3. The Bertz CT molecular complexity index is 6420. The second-order valence-corrected chi connectivity index (χ2v) is 35.4. The standard InChI is InChI=1S/C20H18ClN5O3S.2C20H18FN5O3S.C19H17FN6O3S/c1-25-16-9-4-12(21)10-15(16)19(27)26(2)17-11-22-20(24-18(17)25)23-13-5-7-14(8-6-13)30(3,28)29;1-25-16-10-12(21)4-9-15(16)19(27)26(2)17-11-22-20(24-18(17)25)23-13-5-7-14(8-6-13)30(3,28)29;1-25-16-11-22-20(23-12-7-9-13(10-8-12)30(3,28)29)24-18(16)26(2)17-14(19(25)27)5-4-6-15(17)21;1-25-15-10-22-19(23-11-6-8-12(9-7-11)30(21,28)29)24-17(15)26(2)16-13(18(25)27)4-3-5-14(16)20/h3*4-11H,1-3H3,(H,22,23,24);3-10H,1-2H3,(H2,21,28,29)(H,22,23,24). The summed E-state index contributed by atoms with van der Waals surface area (Å²) in [6.07, 6.45) is 9.44. The van der Waals surface area contributed by atoms with Gasteiger partial charge in [-0.1, -0.05) is 23.7 Å². The third-order valence-electron chi connectivity index (χ3n) is 19.2. The molecule has 12 aromatic rings. The Kier molecular flexibility index (Phi) is 23.1. The number of aromatic nitrogens is 8. The summed E-state index contributed by atoms with van der Waals surface area (Å²) >= 11 is 6.09. The van der Waals surface area contributed by atoms with Crippen LogP contribution < -0.4 is 65.6 Å². The Labute approximate surface area is 691 Å². The molecule has 0 atom stereocenters. The van der Waals surface area contributed by atoms with Gasteiger partial charge in [0.25, 0.3) is 23.6 Å². The van der Waals surface area contributed by atoms with Gasteiger partial charge in [0, 0.05) is 103 Å². The lowest BCUT2D eigenvalue weighted by Crippen LogP contribution is -2.25. The number of amides is 4. The number of sulfone groups is 3. The first kappa shape index (κ1) is 84.1. The molecule has 16 rings (SSSR count). The van der Waals surface area contributed by atoms with Gasteiger partial charge in [-0.05, 0) is 158 Å². The summed E-state index contributed by atoms with van der Waals surface area (Å²) in [6, 6.07) is 42.1. The number of primary sulfonamides is 1. The van der Waals surface area contributed by atoms with E-state index in [1.807, 2.05) is 11.9 Å². The van der Waals surface area contributed by atoms with Crippen molar-refractivity contribution in [1.29, 1.82) is 0 Å². The van der Waals surface area contributed by atoms with Crippen LogP contribution in [-0.4, -0.2) is 172 Å². The van der Waals surface area contributed by atoms with Crippen molar-refractivity contribution in [2.45, 2.75) is 19.6 Å². The van der Waals surface area contributed by atoms with Crippen molar-refractivity contribution in [3.63, 3.8) is 0 Å². The molecule has 4 aliphatic heterocycles. The molecule has 0 spiro atoms. The first-order valence-electron chi connectivity index (χ1n) is 35.5. The van der Waals surface area contributed by atoms with E-state index in [-0.39, 0.29) is 83.6 Å². The molecule has 4 amide bonds. The Hall–Kier alpha value is -13.8. The maximum atomic E-state index is 14.6. The van der Waals surface area contributed by atoms with Crippen LogP contribution in [0.1, 0.15) is 41.4 Å². The Morgan fingerprint density at radius 2 is 0.625 bits per heavy atom. The van der Waals surface area contributed by atoms with Crippen LogP contribution in [0.4, 0.5) is 128 Å². The molecule has 0 saturated carbocycles. The zero-order valence-electron chi connectivity index (χ0n) is 65.3. The summed E-state index contributed by atoms with van der Waals surface area (Å²) in [4.78, 5) is 99.1. The van der Waals surface area contributed by atoms with Crippen molar-refractivity contribution in [3.8, 4) is 0 Å². The number of nitrogens with two attached hydrogens (primary N) is 1. The van der Waals surface area contributed by atoms with Crippen LogP contribution in [0, 0.1) is 17.5 Å². The molecule has 6 N–H and O–H groups in total. The van der Waals surface area contributed by atoms with E-state index in [0.29, 0.717) is 102 Å². The third-order valence-corrected chi connectivity index (χ3v) is 23.7. The summed E-state index contributed by atoms with van der Waals surface area (Å²) in [5.41, 5.74) is 6.77. The van der Waals surface area contributed by atoms with Crippen LogP contribution in [0.5, 0.6) is 0 Å². The number of carbonyl (C=O) groups excluding carboxylic acids is 4. The minimum absolute atomic E-state index is 0.0251. The number of sulfonamides is 1. The second-order valence-electron chi connectivity index (χ2n) is 27.4. The molecule has 41 heteroatoms. The fraction of sp³-hybridized carbons (Fsp3) is 0.139. The molecule has 0 saturated heterocycles. The van der Waals surface area contributed by atoms with E-state index in [1.54, 1.807) is 127 Å². The largest absolute Gasteiger partial charge is 0.327 e. The van der Waals surface area contributed by atoms with Gasteiger partial charge in [0.05, 0.1) is 89.4 Å². The van der Waals surface area contributed by atoms with E-state index in [0.717, 1.165) is 18.8 Å². The van der Waals surface area contributed by atoms with E-state index in [4.69, 9.17) is 16.7 Å². The molecular weight excluding hydrogens is 1660 g/mol. The molecule has 0 bridgehead atoms. The number of carbonyl (C=O) groups is 4.